The van der Waals surface area contributed by atoms with Crippen LogP contribution < -0.4 is 0 Å². The largest absolute Gasteiger partial charge is 0.294 e. The standard InChI is InChI=1S/C19H21ClOS/c1-19(2,3)18(22-16-11-9-15(20)10-12-16)13-17(21)14-7-5-4-6-8-14/h4-12,18H,13H2,1-3H3/t18-/m1/s1. The fourth-order valence-corrected chi connectivity index (χ4v) is 3.45. The highest BCUT2D eigenvalue weighted by molar-refractivity contribution is 8.00. The molecule has 0 aliphatic rings. The molecule has 0 spiro atoms. The smallest absolute Gasteiger partial charge is 0.164 e. The summed E-state index contributed by atoms with van der Waals surface area (Å²) in [6.07, 6.45) is 0.529. The van der Waals surface area contributed by atoms with E-state index < -0.39 is 0 Å². The van der Waals surface area contributed by atoms with Crippen LogP contribution in [0.1, 0.15) is 37.6 Å². The highest BCUT2D eigenvalue weighted by Gasteiger charge is 2.28. The van der Waals surface area contributed by atoms with E-state index in [-0.39, 0.29) is 16.4 Å². The third kappa shape index (κ3) is 4.89. The van der Waals surface area contributed by atoms with Gasteiger partial charge in [-0.25, -0.2) is 0 Å². The number of benzene rings is 2. The lowest BCUT2D eigenvalue weighted by Gasteiger charge is -2.30. The van der Waals surface area contributed by atoms with Gasteiger partial charge in [-0.3, -0.25) is 4.79 Å². The molecule has 0 saturated carbocycles. The number of ketones is 1. The lowest BCUT2D eigenvalue weighted by Crippen LogP contribution is -2.26. The minimum Gasteiger partial charge on any atom is -0.294 e. The van der Waals surface area contributed by atoms with Gasteiger partial charge in [-0.05, 0) is 29.7 Å². The van der Waals surface area contributed by atoms with E-state index in [1.54, 1.807) is 11.8 Å². The van der Waals surface area contributed by atoms with Gasteiger partial charge in [-0.2, -0.15) is 0 Å². The van der Waals surface area contributed by atoms with Crippen LogP contribution in [-0.2, 0) is 0 Å². The van der Waals surface area contributed by atoms with Crippen LogP contribution in [0.2, 0.25) is 5.02 Å². The third-order valence-corrected chi connectivity index (χ3v) is 5.48. The van der Waals surface area contributed by atoms with Gasteiger partial charge in [0.2, 0.25) is 0 Å². The summed E-state index contributed by atoms with van der Waals surface area (Å²) in [6.45, 7) is 6.54. The first kappa shape index (κ1) is 17.1. The summed E-state index contributed by atoms with van der Waals surface area (Å²) in [5.41, 5.74) is 0.822. The minimum atomic E-state index is 0.0365. The van der Waals surface area contributed by atoms with Crippen LogP contribution in [0.5, 0.6) is 0 Å². The molecule has 0 bridgehead atoms. The fourth-order valence-electron chi connectivity index (χ4n) is 2.11. The van der Waals surface area contributed by atoms with Crippen molar-refractivity contribution < 1.29 is 4.79 Å². The first-order valence-electron chi connectivity index (χ1n) is 7.37. The highest BCUT2D eigenvalue weighted by Crippen LogP contribution is 2.38. The second-order valence-corrected chi connectivity index (χ2v) is 8.13. The van der Waals surface area contributed by atoms with Crippen molar-refractivity contribution in [3.8, 4) is 0 Å². The van der Waals surface area contributed by atoms with Gasteiger partial charge in [0, 0.05) is 27.2 Å². The summed E-state index contributed by atoms with van der Waals surface area (Å²) >= 11 is 7.69. The summed E-state index contributed by atoms with van der Waals surface area (Å²) in [6, 6.07) is 17.3. The molecule has 0 radical (unpaired) electrons. The summed E-state index contributed by atoms with van der Waals surface area (Å²) in [4.78, 5) is 13.7. The van der Waals surface area contributed by atoms with Gasteiger partial charge in [-0.1, -0.05) is 62.7 Å². The van der Waals surface area contributed by atoms with Crippen LogP contribution in [0.3, 0.4) is 0 Å². The fraction of sp³-hybridized carbons (Fsp3) is 0.316. The maximum absolute atomic E-state index is 12.5. The Balaban J connectivity index is 2.13. The van der Waals surface area contributed by atoms with E-state index in [9.17, 15) is 4.79 Å². The molecule has 0 aliphatic heterocycles. The first-order valence-corrected chi connectivity index (χ1v) is 8.62. The lowest BCUT2D eigenvalue weighted by atomic mass is 9.88. The quantitative estimate of drug-likeness (QED) is 0.484. The van der Waals surface area contributed by atoms with Crippen LogP contribution in [0.15, 0.2) is 59.5 Å². The Bertz CT molecular complexity index is 614. The average Bonchev–Trinajstić information content (AvgIpc) is 2.48. The highest BCUT2D eigenvalue weighted by atomic mass is 35.5. The Morgan fingerprint density at radius 3 is 2.18 bits per heavy atom. The Labute approximate surface area is 142 Å². The molecule has 3 heteroatoms. The number of Topliss-reactive ketones (excluding diaryl/α,β-unsaturated/α-hetero) is 1. The van der Waals surface area contributed by atoms with E-state index in [2.05, 4.69) is 20.8 Å². The zero-order valence-corrected chi connectivity index (χ0v) is 14.7. The van der Waals surface area contributed by atoms with E-state index >= 15 is 0 Å². The number of thioether (sulfide) groups is 1. The van der Waals surface area contributed by atoms with Crippen molar-refractivity contribution in [1.29, 1.82) is 0 Å². The Kier molecular flexibility index (Phi) is 5.71. The predicted octanol–water partition coefficient (Wildman–Crippen LogP) is 6.12. The normalized spacial score (nSPS) is 12.9. The molecular formula is C19H21ClOS. The summed E-state index contributed by atoms with van der Waals surface area (Å²) < 4.78 is 0. The maximum Gasteiger partial charge on any atom is 0.164 e. The van der Waals surface area contributed by atoms with Crippen LogP contribution in [0, 0.1) is 5.41 Å². The third-order valence-electron chi connectivity index (χ3n) is 3.52. The van der Waals surface area contributed by atoms with Crippen molar-refractivity contribution in [2.24, 2.45) is 5.41 Å². The first-order chi connectivity index (χ1) is 10.4. The molecule has 0 amide bonds. The van der Waals surface area contributed by atoms with E-state index in [0.29, 0.717) is 6.42 Å². The van der Waals surface area contributed by atoms with Crippen LogP contribution >= 0.6 is 23.4 Å². The predicted molar refractivity (Wildman–Crippen MR) is 95.9 cm³/mol. The number of carbonyl (C=O) groups excluding carboxylic acids is 1. The molecule has 2 aromatic carbocycles. The van der Waals surface area contributed by atoms with Crippen molar-refractivity contribution in [2.75, 3.05) is 0 Å². The molecule has 0 heterocycles. The van der Waals surface area contributed by atoms with Crippen LogP contribution in [0.25, 0.3) is 0 Å². The van der Waals surface area contributed by atoms with Gasteiger partial charge in [0.05, 0.1) is 0 Å². The number of rotatable bonds is 5. The van der Waals surface area contributed by atoms with Gasteiger partial charge >= 0.3 is 0 Å². The Morgan fingerprint density at radius 2 is 1.64 bits per heavy atom. The van der Waals surface area contributed by atoms with Crippen molar-refractivity contribution >= 4 is 29.1 Å². The molecule has 2 rings (SSSR count). The second kappa shape index (κ2) is 7.34. The van der Waals surface area contributed by atoms with E-state index in [4.69, 9.17) is 11.6 Å². The molecule has 22 heavy (non-hydrogen) atoms. The van der Waals surface area contributed by atoms with E-state index in [1.165, 1.54) is 0 Å². The number of hydrogen-bond donors (Lipinski definition) is 0. The zero-order valence-electron chi connectivity index (χ0n) is 13.2. The summed E-state index contributed by atoms with van der Waals surface area (Å²) in [5.74, 6) is 0.196. The molecule has 0 aromatic heterocycles. The average molecular weight is 333 g/mol. The molecule has 116 valence electrons. The van der Waals surface area contributed by atoms with E-state index in [1.807, 2.05) is 54.6 Å². The molecule has 1 atom stereocenters. The van der Waals surface area contributed by atoms with Crippen LogP contribution in [0.4, 0.5) is 0 Å². The van der Waals surface area contributed by atoms with Crippen LogP contribution in [-0.4, -0.2) is 11.0 Å². The van der Waals surface area contributed by atoms with Crippen molar-refractivity contribution in [1.82, 2.24) is 0 Å². The van der Waals surface area contributed by atoms with Gasteiger partial charge in [-0.15, -0.1) is 11.8 Å². The van der Waals surface area contributed by atoms with Crippen molar-refractivity contribution in [3.05, 3.63) is 65.2 Å². The number of carbonyl (C=O) groups is 1. The minimum absolute atomic E-state index is 0.0365. The van der Waals surface area contributed by atoms with Gasteiger partial charge in [0.15, 0.2) is 5.78 Å². The monoisotopic (exact) mass is 332 g/mol. The van der Waals surface area contributed by atoms with E-state index in [0.717, 1.165) is 15.5 Å². The summed E-state index contributed by atoms with van der Waals surface area (Å²) in [7, 11) is 0. The second-order valence-electron chi connectivity index (χ2n) is 6.42. The van der Waals surface area contributed by atoms with Crippen molar-refractivity contribution in [3.63, 3.8) is 0 Å². The molecule has 2 aromatic rings. The van der Waals surface area contributed by atoms with Gasteiger partial charge in [0.1, 0.15) is 0 Å². The molecule has 0 N–H and O–H groups in total. The lowest BCUT2D eigenvalue weighted by molar-refractivity contribution is 0.0969. The molecule has 0 unspecified atom stereocenters. The Morgan fingerprint density at radius 1 is 1.05 bits per heavy atom. The van der Waals surface area contributed by atoms with Gasteiger partial charge in [0.25, 0.3) is 0 Å². The number of halogens is 1. The maximum atomic E-state index is 12.5. The molecular weight excluding hydrogens is 312 g/mol. The van der Waals surface area contributed by atoms with Crippen molar-refractivity contribution in [2.45, 2.75) is 37.3 Å². The topological polar surface area (TPSA) is 17.1 Å². The SMILES string of the molecule is CC(C)(C)[C@@H](CC(=O)c1ccccc1)Sc1ccc(Cl)cc1. The Hall–Kier alpha value is -1.25. The zero-order chi connectivity index (χ0) is 16.2. The van der Waals surface area contributed by atoms with Gasteiger partial charge < -0.3 is 0 Å². The molecule has 0 saturated heterocycles. The number of hydrogen-bond acceptors (Lipinski definition) is 2. The molecule has 0 fully saturated rings. The summed E-state index contributed by atoms with van der Waals surface area (Å²) in [5, 5.41) is 0.943. The molecule has 1 nitrogen and oxygen atoms in total. The molecule has 0 aliphatic carbocycles.